The van der Waals surface area contributed by atoms with Crippen LogP contribution < -0.4 is 0 Å². The van der Waals surface area contributed by atoms with Gasteiger partial charge in [0, 0.05) is 18.0 Å². The van der Waals surface area contributed by atoms with Crippen LogP contribution in [0.25, 0.3) is 5.57 Å². The number of nitrogens with zero attached hydrogens (tertiary/aromatic N) is 1. The Morgan fingerprint density at radius 3 is 2.85 bits per heavy atom. The molecule has 1 heterocycles. The summed E-state index contributed by atoms with van der Waals surface area (Å²) in [4.78, 5) is 15.4. The molecule has 0 unspecified atom stereocenters. The molecular weight excluding hydrogens is 250 g/mol. The summed E-state index contributed by atoms with van der Waals surface area (Å²) in [5, 5.41) is 9.17. The molecule has 0 radical (unpaired) electrons. The van der Waals surface area contributed by atoms with Crippen LogP contribution in [0, 0.1) is 6.92 Å². The fourth-order valence-electron chi connectivity index (χ4n) is 2.66. The number of hydrogen-bond acceptors (Lipinski definition) is 2. The van der Waals surface area contributed by atoms with Gasteiger partial charge in [-0.25, -0.2) is 4.79 Å². The van der Waals surface area contributed by atoms with E-state index in [0.717, 1.165) is 35.1 Å². The first kappa shape index (κ1) is 12.6. The average Bonchev–Trinajstić information content (AvgIpc) is 2.46. The van der Waals surface area contributed by atoms with Gasteiger partial charge >= 0.3 is 5.97 Å². The molecule has 3 heteroatoms. The molecular formula is C17H15NO2. The number of aryl methyl sites for hydroxylation is 2. The molecule has 1 aromatic heterocycles. The predicted octanol–water partition coefficient (Wildman–Crippen LogP) is 3.47. The smallest absolute Gasteiger partial charge is 0.335 e. The fraction of sp³-hybridized carbons (Fsp3) is 0.176. The maximum atomic E-state index is 11.2. The highest BCUT2D eigenvalue weighted by molar-refractivity contribution is 5.91. The van der Waals surface area contributed by atoms with E-state index >= 15 is 0 Å². The van der Waals surface area contributed by atoms with E-state index in [0.29, 0.717) is 5.56 Å². The van der Waals surface area contributed by atoms with Crippen molar-refractivity contribution in [3.63, 3.8) is 0 Å². The lowest BCUT2D eigenvalue weighted by atomic mass is 9.85. The molecule has 2 aromatic rings. The second-order valence-corrected chi connectivity index (χ2v) is 5.02. The molecule has 0 bridgehead atoms. The monoisotopic (exact) mass is 265 g/mol. The third-order valence-corrected chi connectivity index (χ3v) is 3.74. The Morgan fingerprint density at radius 2 is 2.10 bits per heavy atom. The molecule has 0 spiro atoms. The molecule has 0 saturated heterocycles. The zero-order chi connectivity index (χ0) is 14.1. The van der Waals surface area contributed by atoms with Crippen LogP contribution in [-0.2, 0) is 6.42 Å². The van der Waals surface area contributed by atoms with Crippen molar-refractivity contribution >= 4 is 11.5 Å². The second kappa shape index (κ2) is 4.93. The van der Waals surface area contributed by atoms with Gasteiger partial charge in [-0.1, -0.05) is 12.1 Å². The number of fused-ring (bicyclic) bond motifs is 1. The number of allylic oxidation sites excluding steroid dienone is 1. The Kier molecular flexibility index (Phi) is 3.11. The molecule has 3 rings (SSSR count). The van der Waals surface area contributed by atoms with Crippen LogP contribution in [0.2, 0.25) is 0 Å². The Hall–Kier alpha value is -2.42. The number of benzene rings is 1. The molecule has 100 valence electrons. The maximum absolute atomic E-state index is 11.2. The van der Waals surface area contributed by atoms with Crippen LogP contribution in [0.3, 0.4) is 0 Å². The van der Waals surface area contributed by atoms with Gasteiger partial charge in [-0.3, -0.25) is 4.98 Å². The summed E-state index contributed by atoms with van der Waals surface area (Å²) in [5.74, 6) is -0.888. The van der Waals surface area contributed by atoms with Crippen molar-refractivity contribution in [1.82, 2.24) is 4.98 Å². The van der Waals surface area contributed by atoms with Crippen molar-refractivity contribution in [2.75, 3.05) is 0 Å². The van der Waals surface area contributed by atoms with Gasteiger partial charge in [0.25, 0.3) is 0 Å². The van der Waals surface area contributed by atoms with Crippen molar-refractivity contribution in [3.8, 4) is 0 Å². The molecule has 3 nitrogen and oxygen atoms in total. The quantitative estimate of drug-likeness (QED) is 0.904. The Labute approximate surface area is 117 Å². The number of pyridine rings is 1. The van der Waals surface area contributed by atoms with Crippen LogP contribution in [-0.4, -0.2) is 16.1 Å². The van der Waals surface area contributed by atoms with Crippen molar-refractivity contribution in [2.45, 2.75) is 19.8 Å². The fourth-order valence-corrected chi connectivity index (χ4v) is 2.66. The summed E-state index contributed by atoms with van der Waals surface area (Å²) < 4.78 is 0. The summed E-state index contributed by atoms with van der Waals surface area (Å²) in [6.45, 7) is 2.05. The number of rotatable bonds is 2. The lowest BCUT2D eigenvalue weighted by Gasteiger charge is -2.19. The van der Waals surface area contributed by atoms with E-state index in [4.69, 9.17) is 5.11 Å². The SMILES string of the molecule is Cc1ccncc1C1=CCCc2ccc(C(=O)O)cc21. The zero-order valence-electron chi connectivity index (χ0n) is 11.3. The van der Waals surface area contributed by atoms with Crippen molar-refractivity contribution in [2.24, 2.45) is 0 Å². The van der Waals surface area contributed by atoms with Crippen molar-refractivity contribution in [3.05, 3.63) is 70.6 Å². The van der Waals surface area contributed by atoms with E-state index in [2.05, 4.69) is 11.1 Å². The van der Waals surface area contributed by atoms with Gasteiger partial charge in [0.05, 0.1) is 5.56 Å². The highest BCUT2D eigenvalue weighted by atomic mass is 16.4. The highest BCUT2D eigenvalue weighted by Crippen LogP contribution is 2.33. The minimum Gasteiger partial charge on any atom is -0.478 e. The van der Waals surface area contributed by atoms with Crippen LogP contribution in [0.1, 0.15) is 39.0 Å². The lowest BCUT2D eigenvalue weighted by Crippen LogP contribution is -2.05. The molecule has 0 fully saturated rings. The summed E-state index contributed by atoms with van der Waals surface area (Å²) >= 11 is 0. The molecule has 0 amide bonds. The van der Waals surface area contributed by atoms with Gasteiger partial charge in [-0.2, -0.15) is 0 Å². The van der Waals surface area contributed by atoms with E-state index in [1.807, 2.05) is 25.3 Å². The van der Waals surface area contributed by atoms with E-state index < -0.39 is 5.97 Å². The normalized spacial score (nSPS) is 13.6. The molecule has 0 saturated carbocycles. The van der Waals surface area contributed by atoms with Gasteiger partial charge in [-0.05, 0) is 60.2 Å². The van der Waals surface area contributed by atoms with Crippen LogP contribution >= 0.6 is 0 Å². The minimum absolute atomic E-state index is 0.332. The predicted molar refractivity (Wildman–Crippen MR) is 77.8 cm³/mol. The minimum atomic E-state index is -0.888. The molecule has 1 aliphatic carbocycles. The van der Waals surface area contributed by atoms with Gasteiger partial charge in [0.1, 0.15) is 0 Å². The first-order valence-electron chi connectivity index (χ1n) is 6.64. The van der Waals surface area contributed by atoms with Crippen LogP contribution in [0.5, 0.6) is 0 Å². The topological polar surface area (TPSA) is 50.2 Å². The highest BCUT2D eigenvalue weighted by Gasteiger charge is 2.17. The summed E-state index contributed by atoms with van der Waals surface area (Å²) in [5.41, 5.74) is 5.89. The molecule has 1 aromatic carbocycles. The summed E-state index contributed by atoms with van der Waals surface area (Å²) in [7, 11) is 0. The third kappa shape index (κ3) is 2.11. The molecule has 0 aliphatic heterocycles. The Bertz CT molecular complexity index is 717. The van der Waals surface area contributed by atoms with Crippen molar-refractivity contribution in [1.29, 1.82) is 0 Å². The first-order chi connectivity index (χ1) is 9.66. The van der Waals surface area contributed by atoms with E-state index in [-0.39, 0.29) is 0 Å². The van der Waals surface area contributed by atoms with E-state index in [1.165, 1.54) is 5.56 Å². The molecule has 0 atom stereocenters. The Morgan fingerprint density at radius 1 is 1.25 bits per heavy atom. The Balaban J connectivity index is 2.17. The average molecular weight is 265 g/mol. The zero-order valence-corrected chi connectivity index (χ0v) is 11.3. The number of carboxylic acids is 1. The maximum Gasteiger partial charge on any atom is 0.335 e. The molecule has 20 heavy (non-hydrogen) atoms. The van der Waals surface area contributed by atoms with Gasteiger partial charge in [-0.15, -0.1) is 0 Å². The van der Waals surface area contributed by atoms with Gasteiger partial charge < -0.3 is 5.11 Å². The van der Waals surface area contributed by atoms with E-state index in [1.54, 1.807) is 18.3 Å². The largest absolute Gasteiger partial charge is 0.478 e. The number of carbonyl (C=O) groups is 1. The summed E-state index contributed by atoms with van der Waals surface area (Å²) in [6, 6.07) is 7.36. The number of aromatic nitrogens is 1. The van der Waals surface area contributed by atoms with Crippen LogP contribution in [0.4, 0.5) is 0 Å². The number of hydrogen-bond donors (Lipinski definition) is 1. The molecule has 1 aliphatic rings. The lowest BCUT2D eigenvalue weighted by molar-refractivity contribution is 0.0697. The first-order valence-corrected chi connectivity index (χ1v) is 6.64. The van der Waals surface area contributed by atoms with Gasteiger partial charge in [0.2, 0.25) is 0 Å². The summed E-state index contributed by atoms with van der Waals surface area (Å²) in [6.07, 6.45) is 7.74. The number of carboxylic acid groups (broad SMARTS) is 1. The standard InChI is InChI=1S/C17H15NO2/c1-11-7-8-18-10-16(11)14-4-2-3-12-5-6-13(17(19)20)9-15(12)14/h4-10H,2-3H2,1H3,(H,19,20). The third-order valence-electron chi connectivity index (χ3n) is 3.74. The van der Waals surface area contributed by atoms with Gasteiger partial charge in [0.15, 0.2) is 0 Å². The van der Waals surface area contributed by atoms with E-state index in [9.17, 15) is 4.79 Å². The molecule has 1 N–H and O–H groups in total. The second-order valence-electron chi connectivity index (χ2n) is 5.02. The van der Waals surface area contributed by atoms with Crippen molar-refractivity contribution < 1.29 is 9.90 Å². The number of aromatic carboxylic acids is 1. The van der Waals surface area contributed by atoms with Crippen LogP contribution in [0.15, 0.2) is 42.7 Å².